The molecule has 0 saturated carbocycles. The Morgan fingerprint density at radius 3 is 2.31 bits per heavy atom. The van der Waals surface area contributed by atoms with E-state index in [1.54, 1.807) is 13.8 Å². The number of carboxylic acids is 1. The highest BCUT2D eigenvalue weighted by Gasteiger charge is 2.30. The van der Waals surface area contributed by atoms with Gasteiger partial charge in [-0.1, -0.05) is 6.92 Å². The van der Waals surface area contributed by atoms with Gasteiger partial charge in [-0.25, -0.2) is 4.79 Å². The highest BCUT2D eigenvalue weighted by atomic mass is 16.4. The number of hydrogen-bond acceptors (Lipinski definition) is 4. The molecule has 0 unspecified atom stereocenters. The molecule has 0 aromatic heterocycles. The van der Waals surface area contributed by atoms with E-state index in [4.69, 9.17) is 10.2 Å². The Bertz CT molecular complexity index is 253. The smallest absolute Gasteiger partial charge is 0.326 e. The van der Waals surface area contributed by atoms with Gasteiger partial charge in [-0.15, -0.1) is 0 Å². The molecule has 0 rings (SSSR count). The maximum Gasteiger partial charge on any atom is 0.326 e. The maximum atomic E-state index is 11.7. The number of likely N-dealkylation sites (N-methyl/N-ethyl adjacent to an activating group) is 1. The summed E-state index contributed by atoms with van der Waals surface area (Å²) in [6.07, 6.45) is 0.00325. The number of aliphatic carboxylic acids is 1. The molecule has 4 N–H and O–H groups in total. The first-order valence-electron chi connectivity index (χ1n) is 5.24. The molecular formula is C10H20N2O4. The van der Waals surface area contributed by atoms with Crippen LogP contribution in [0.4, 0.5) is 0 Å². The summed E-state index contributed by atoms with van der Waals surface area (Å²) in [6, 6.07) is -1.05. The molecular weight excluding hydrogens is 212 g/mol. The SMILES string of the molecule is CCNC(C)(C)C(=O)N[C@@H](CCO)C(=O)O. The summed E-state index contributed by atoms with van der Waals surface area (Å²) in [6.45, 7) is 5.53. The van der Waals surface area contributed by atoms with Gasteiger partial charge in [0.25, 0.3) is 0 Å². The molecule has 6 nitrogen and oxygen atoms in total. The number of aliphatic hydroxyl groups excluding tert-OH is 1. The Morgan fingerprint density at radius 1 is 1.38 bits per heavy atom. The lowest BCUT2D eigenvalue weighted by Gasteiger charge is -2.26. The van der Waals surface area contributed by atoms with Crippen LogP contribution in [0.1, 0.15) is 27.2 Å². The predicted molar refractivity (Wildman–Crippen MR) is 59.0 cm³/mol. The zero-order valence-electron chi connectivity index (χ0n) is 9.91. The van der Waals surface area contributed by atoms with E-state index in [1.807, 2.05) is 6.92 Å². The number of nitrogens with one attached hydrogen (secondary N) is 2. The first-order valence-corrected chi connectivity index (χ1v) is 5.24. The minimum atomic E-state index is -1.14. The number of rotatable bonds is 7. The number of hydrogen-bond donors (Lipinski definition) is 4. The average Bonchev–Trinajstić information content (AvgIpc) is 2.16. The third-order valence-electron chi connectivity index (χ3n) is 2.21. The molecule has 0 fully saturated rings. The second-order valence-electron chi connectivity index (χ2n) is 4.03. The molecule has 0 heterocycles. The second-order valence-corrected chi connectivity index (χ2v) is 4.03. The van der Waals surface area contributed by atoms with Crippen LogP contribution >= 0.6 is 0 Å². The van der Waals surface area contributed by atoms with Crippen molar-refractivity contribution in [3.8, 4) is 0 Å². The van der Waals surface area contributed by atoms with Crippen LogP contribution in [0.3, 0.4) is 0 Å². The van der Waals surface area contributed by atoms with Gasteiger partial charge in [0.1, 0.15) is 6.04 Å². The number of carbonyl (C=O) groups is 2. The van der Waals surface area contributed by atoms with E-state index in [9.17, 15) is 9.59 Å². The van der Waals surface area contributed by atoms with Crippen LogP contribution in [0.5, 0.6) is 0 Å². The Labute approximate surface area is 95.0 Å². The molecule has 94 valence electrons. The van der Waals surface area contributed by atoms with E-state index in [0.29, 0.717) is 6.54 Å². The normalized spacial score (nSPS) is 13.2. The molecule has 1 atom stereocenters. The molecule has 0 aliphatic heterocycles. The zero-order chi connectivity index (χ0) is 12.8. The first kappa shape index (κ1) is 14.9. The van der Waals surface area contributed by atoms with Gasteiger partial charge in [0, 0.05) is 13.0 Å². The zero-order valence-corrected chi connectivity index (χ0v) is 9.91. The van der Waals surface area contributed by atoms with Crippen molar-refractivity contribution in [3.05, 3.63) is 0 Å². The summed E-state index contributed by atoms with van der Waals surface area (Å²) >= 11 is 0. The lowest BCUT2D eigenvalue weighted by atomic mass is 10.0. The van der Waals surface area contributed by atoms with Gasteiger partial charge in [0.15, 0.2) is 0 Å². The van der Waals surface area contributed by atoms with Crippen molar-refractivity contribution in [1.29, 1.82) is 0 Å². The average molecular weight is 232 g/mol. The molecule has 16 heavy (non-hydrogen) atoms. The Kier molecular flexibility index (Phi) is 5.98. The highest BCUT2D eigenvalue weighted by Crippen LogP contribution is 2.03. The molecule has 1 amide bonds. The fourth-order valence-corrected chi connectivity index (χ4v) is 1.25. The maximum absolute atomic E-state index is 11.7. The number of aliphatic hydroxyl groups is 1. The molecule has 0 aromatic rings. The van der Waals surface area contributed by atoms with E-state index in [0.717, 1.165) is 0 Å². The number of amides is 1. The standard InChI is InChI=1S/C10H20N2O4/c1-4-11-10(2,3)9(16)12-7(5-6-13)8(14)15/h7,11,13H,4-6H2,1-3H3,(H,12,16)(H,14,15)/t7-/m0/s1. The van der Waals surface area contributed by atoms with Crippen molar-refractivity contribution < 1.29 is 19.8 Å². The van der Waals surface area contributed by atoms with Crippen molar-refractivity contribution in [3.63, 3.8) is 0 Å². The van der Waals surface area contributed by atoms with Crippen LogP contribution in [0, 0.1) is 0 Å². The van der Waals surface area contributed by atoms with Gasteiger partial charge in [-0.2, -0.15) is 0 Å². The summed E-state index contributed by atoms with van der Waals surface area (Å²) in [5, 5.41) is 22.8. The summed E-state index contributed by atoms with van der Waals surface area (Å²) in [5.74, 6) is -1.54. The number of carbonyl (C=O) groups excluding carboxylic acids is 1. The van der Waals surface area contributed by atoms with E-state index in [2.05, 4.69) is 10.6 Å². The second kappa shape index (κ2) is 6.44. The fraction of sp³-hybridized carbons (Fsp3) is 0.800. The van der Waals surface area contributed by atoms with Crippen LogP contribution in [-0.2, 0) is 9.59 Å². The van der Waals surface area contributed by atoms with E-state index in [-0.39, 0.29) is 13.0 Å². The third kappa shape index (κ3) is 4.59. The highest BCUT2D eigenvalue weighted by molar-refractivity contribution is 5.89. The molecule has 0 radical (unpaired) electrons. The van der Waals surface area contributed by atoms with E-state index in [1.165, 1.54) is 0 Å². The van der Waals surface area contributed by atoms with E-state index >= 15 is 0 Å². The number of carboxylic acid groups (broad SMARTS) is 1. The quantitative estimate of drug-likeness (QED) is 0.466. The molecule has 0 saturated heterocycles. The molecule has 0 bridgehead atoms. The Hall–Kier alpha value is -1.14. The summed E-state index contributed by atoms with van der Waals surface area (Å²) < 4.78 is 0. The van der Waals surface area contributed by atoms with Gasteiger partial charge in [0.2, 0.25) is 5.91 Å². The molecule has 0 aliphatic carbocycles. The van der Waals surface area contributed by atoms with E-state index < -0.39 is 23.5 Å². The molecule has 6 heteroatoms. The summed E-state index contributed by atoms with van der Waals surface area (Å²) in [5.41, 5.74) is -0.822. The third-order valence-corrected chi connectivity index (χ3v) is 2.21. The van der Waals surface area contributed by atoms with Gasteiger partial charge >= 0.3 is 5.97 Å². The van der Waals surface area contributed by atoms with Crippen molar-refractivity contribution >= 4 is 11.9 Å². The largest absolute Gasteiger partial charge is 0.480 e. The minimum Gasteiger partial charge on any atom is -0.480 e. The van der Waals surface area contributed by atoms with Gasteiger partial charge in [-0.3, -0.25) is 4.79 Å². The summed E-state index contributed by atoms with van der Waals surface area (Å²) in [4.78, 5) is 22.5. The fourth-order valence-electron chi connectivity index (χ4n) is 1.25. The van der Waals surface area contributed by atoms with Crippen molar-refractivity contribution in [2.75, 3.05) is 13.2 Å². The van der Waals surface area contributed by atoms with Crippen LogP contribution in [0.2, 0.25) is 0 Å². The first-order chi connectivity index (χ1) is 7.35. The molecule has 0 spiro atoms. The minimum absolute atomic E-state index is 0.00325. The lowest BCUT2D eigenvalue weighted by molar-refractivity contribution is -0.143. The molecule has 0 aliphatic rings. The Balaban J connectivity index is 4.44. The van der Waals surface area contributed by atoms with Crippen molar-refractivity contribution in [2.45, 2.75) is 38.8 Å². The topological polar surface area (TPSA) is 98.7 Å². The van der Waals surface area contributed by atoms with Crippen LogP contribution in [0.25, 0.3) is 0 Å². The van der Waals surface area contributed by atoms with Crippen LogP contribution in [-0.4, -0.2) is 46.8 Å². The monoisotopic (exact) mass is 232 g/mol. The van der Waals surface area contributed by atoms with Gasteiger partial charge in [-0.05, 0) is 20.4 Å². The van der Waals surface area contributed by atoms with Crippen molar-refractivity contribution in [2.24, 2.45) is 0 Å². The molecule has 0 aromatic carbocycles. The van der Waals surface area contributed by atoms with Crippen LogP contribution < -0.4 is 10.6 Å². The van der Waals surface area contributed by atoms with Gasteiger partial charge in [0.05, 0.1) is 5.54 Å². The lowest BCUT2D eigenvalue weighted by Crippen LogP contribution is -2.56. The van der Waals surface area contributed by atoms with Gasteiger partial charge < -0.3 is 20.8 Å². The predicted octanol–water partition coefficient (Wildman–Crippen LogP) is -0.674. The Morgan fingerprint density at radius 2 is 1.94 bits per heavy atom. The van der Waals surface area contributed by atoms with Crippen LogP contribution in [0.15, 0.2) is 0 Å². The summed E-state index contributed by atoms with van der Waals surface area (Å²) in [7, 11) is 0. The van der Waals surface area contributed by atoms with Crippen molar-refractivity contribution in [1.82, 2.24) is 10.6 Å².